The number of hydrogen-bond donors (Lipinski definition) is 3. The first-order valence-electron chi connectivity index (χ1n) is 13.2. The number of nitrogens with zero attached hydrogens (tertiary/aromatic N) is 2. The number of fused-ring (bicyclic) bond motifs is 2. The molecular formula is C27H41N5O3. The summed E-state index contributed by atoms with van der Waals surface area (Å²) in [6, 6.07) is 7.01. The Hall–Kier alpha value is -2.45. The van der Waals surface area contributed by atoms with Crippen molar-refractivity contribution < 1.29 is 14.4 Å². The van der Waals surface area contributed by atoms with Crippen LogP contribution in [0.5, 0.6) is 0 Å². The van der Waals surface area contributed by atoms with E-state index in [1.165, 1.54) is 11.1 Å². The van der Waals surface area contributed by atoms with Gasteiger partial charge in [0, 0.05) is 25.2 Å². The zero-order valence-corrected chi connectivity index (χ0v) is 21.5. The molecule has 3 aliphatic rings. The molecule has 1 aromatic rings. The van der Waals surface area contributed by atoms with Gasteiger partial charge in [-0.25, -0.2) is 0 Å². The van der Waals surface area contributed by atoms with Crippen LogP contribution in [-0.2, 0) is 20.8 Å². The van der Waals surface area contributed by atoms with E-state index in [1.807, 2.05) is 12.1 Å². The minimum absolute atomic E-state index is 0.0135. The SMILES string of the molecule is CNC(C)C(=O)NC1CN(C(C)C)CCC2CCC(C(=O)NC3CCCc4ccccc43)N2C1=O. The third-order valence-electron chi connectivity index (χ3n) is 8.08. The van der Waals surface area contributed by atoms with Gasteiger partial charge in [0.1, 0.15) is 12.1 Å². The van der Waals surface area contributed by atoms with Gasteiger partial charge in [0.15, 0.2) is 0 Å². The van der Waals surface area contributed by atoms with Gasteiger partial charge in [0.2, 0.25) is 17.7 Å². The van der Waals surface area contributed by atoms with Crippen molar-refractivity contribution in [2.45, 2.75) is 95.5 Å². The molecule has 3 N–H and O–H groups in total. The smallest absolute Gasteiger partial charge is 0.247 e. The summed E-state index contributed by atoms with van der Waals surface area (Å²) < 4.78 is 0. The molecule has 2 saturated heterocycles. The number of nitrogens with one attached hydrogen (secondary N) is 3. The molecule has 35 heavy (non-hydrogen) atoms. The lowest BCUT2D eigenvalue weighted by Crippen LogP contribution is -2.62. The highest BCUT2D eigenvalue weighted by molar-refractivity contribution is 5.94. The van der Waals surface area contributed by atoms with Crippen LogP contribution in [0.4, 0.5) is 0 Å². The van der Waals surface area contributed by atoms with E-state index in [9.17, 15) is 14.4 Å². The number of benzene rings is 1. The Morgan fingerprint density at radius 1 is 1.00 bits per heavy atom. The third kappa shape index (κ3) is 5.54. The van der Waals surface area contributed by atoms with Crippen molar-refractivity contribution >= 4 is 17.7 Å². The average Bonchev–Trinajstić information content (AvgIpc) is 3.27. The van der Waals surface area contributed by atoms with Crippen molar-refractivity contribution in [3.8, 4) is 0 Å². The van der Waals surface area contributed by atoms with Gasteiger partial charge in [-0.1, -0.05) is 24.3 Å². The topological polar surface area (TPSA) is 93.8 Å². The van der Waals surface area contributed by atoms with E-state index in [4.69, 9.17) is 0 Å². The summed E-state index contributed by atoms with van der Waals surface area (Å²) in [6.45, 7) is 7.30. The Balaban J connectivity index is 1.53. The Morgan fingerprint density at radius 3 is 2.51 bits per heavy atom. The second-order valence-electron chi connectivity index (χ2n) is 10.6. The standard InChI is InChI=1S/C27H41N5O3/c1-17(2)31-15-14-20-12-13-24(32(20)27(35)23(16-31)30-25(33)18(3)28-4)26(34)29-22-11-7-9-19-8-5-6-10-21(19)22/h5-6,8,10,17-18,20,22-24,28H,7,9,11-16H2,1-4H3,(H,29,34)(H,30,33). The van der Waals surface area contributed by atoms with Crippen LogP contribution in [0.2, 0.25) is 0 Å². The number of hydrogen-bond acceptors (Lipinski definition) is 5. The molecular weight excluding hydrogens is 442 g/mol. The monoisotopic (exact) mass is 483 g/mol. The molecule has 1 aromatic carbocycles. The zero-order chi connectivity index (χ0) is 25.1. The summed E-state index contributed by atoms with van der Waals surface area (Å²) >= 11 is 0. The first-order valence-corrected chi connectivity index (χ1v) is 13.2. The summed E-state index contributed by atoms with van der Waals surface area (Å²) in [6.07, 6.45) is 5.30. The molecule has 0 bridgehead atoms. The van der Waals surface area contributed by atoms with E-state index in [1.54, 1.807) is 18.9 Å². The molecule has 0 spiro atoms. The van der Waals surface area contributed by atoms with Crippen molar-refractivity contribution in [2.75, 3.05) is 20.1 Å². The van der Waals surface area contributed by atoms with Gasteiger partial charge in [-0.2, -0.15) is 0 Å². The summed E-state index contributed by atoms with van der Waals surface area (Å²) in [5.74, 6) is -0.415. The summed E-state index contributed by atoms with van der Waals surface area (Å²) in [7, 11) is 1.73. The average molecular weight is 484 g/mol. The molecule has 192 valence electrons. The van der Waals surface area contributed by atoms with Crippen molar-refractivity contribution in [2.24, 2.45) is 0 Å². The minimum Gasteiger partial charge on any atom is -0.347 e. The Kier molecular flexibility index (Phi) is 8.12. The molecule has 0 aromatic heterocycles. The van der Waals surface area contributed by atoms with Gasteiger partial charge in [-0.3, -0.25) is 19.3 Å². The molecule has 8 heteroatoms. The highest BCUT2D eigenvalue weighted by Gasteiger charge is 2.45. The summed E-state index contributed by atoms with van der Waals surface area (Å²) in [5.41, 5.74) is 2.49. The maximum absolute atomic E-state index is 13.9. The lowest BCUT2D eigenvalue weighted by atomic mass is 9.87. The second-order valence-corrected chi connectivity index (χ2v) is 10.6. The van der Waals surface area contributed by atoms with Crippen molar-refractivity contribution in [1.29, 1.82) is 0 Å². The Morgan fingerprint density at radius 2 is 1.77 bits per heavy atom. The lowest BCUT2D eigenvalue weighted by Gasteiger charge is -2.40. The van der Waals surface area contributed by atoms with Crippen molar-refractivity contribution in [3.05, 3.63) is 35.4 Å². The molecule has 0 saturated carbocycles. The normalized spacial score (nSPS) is 28.0. The largest absolute Gasteiger partial charge is 0.347 e. The molecule has 2 fully saturated rings. The van der Waals surface area contributed by atoms with Gasteiger partial charge in [-0.05, 0) is 77.5 Å². The Bertz CT molecular complexity index is 935. The predicted octanol–water partition coefficient (Wildman–Crippen LogP) is 1.75. The fraction of sp³-hybridized carbons (Fsp3) is 0.667. The van der Waals surface area contributed by atoms with E-state index in [2.05, 4.69) is 46.8 Å². The molecule has 2 heterocycles. The molecule has 0 radical (unpaired) electrons. The van der Waals surface area contributed by atoms with Gasteiger partial charge < -0.3 is 20.9 Å². The molecule has 4 rings (SSSR count). The van der Waals surface area contributed by atoms with Crippen LogP contribution in [0.15, 0.2) is 24.3 Å². The van der Waals surface area contributed by atoms with Crippen LogP contribution in [0.1, 0.15) is 70.0 Å². The van der Waals surface area contributed by atoms with E-state index >= 15 is 0 Å². The highest BCUT2D eigenvalue weighted by atomic mass is 16.2. The fourth-order valence-corrected chi connectivity index (χ4v) is 5.83. The minimum atomic E-state index is -0.674. The lowest BCUT2D eigenvalue weighted by molar-refractivity contribution is -0.145. The maximum atomic E-state index is 13.9. The van der Waals surface area contributed by atoms with Gasteiger partial charge in [0.05, 0.1) is 12.1 Å². The maximum Gasteiger partial charge on any atom is 0.247 e. The number of carbonyl (C=O) groups is 3. The number of rotatable bonds is 6. The van der Waals surface area contributed by atoms with Gasteiger partial charge >= 0.3 is 0 Å². The number of aryl methyl sites for hydroxylation is 1. The predicted molar refractivity (Wildman–Crippen MR) is 136 cm³/mol. The zero-order valence-electron chi connectivity index (χ0n) is 21.5. The molecule has 5 atom stereocenters. The van der Waals surface area contributed by atoms with Crippen LogP contribution in [0.3, 0.4) is 0 Å². The van der Waals surface area contributed by atoms with E-state index in [-0.39, 0.29) is 35.8 Å². The molecule has 2 aliphatic heterocycles. The van der Waals surface area contributed by atoms with E-state index < -0.39 is 18.1 Å². The number of carbonyl (C=O) groups excluding carboxylic acids is 3. The van der Waals surface area contributed by atoms with Crippen LogP contribution in [0.25, 0.3) is 0 Å². The first kappa shape index (κ1) is 25.6. The van der Waals surface area contributed by atoms with Crippen LogP contribution in [0, 0.1) is 0 Å². The Labute approximate surface area is 209 Å². The molecule has 1 aliphatic carbocycles. The van der Waals surface area contributed by atoms with E-state index in [0.717, 1.165) is 38.6 Å². The van der Waals surface area contributed by atoms with Crippen LogP contribution >= 0.6 is 0 Å². The van der Waals surface area contributed by atoms with Crippen molar-refractivity contribution in [3.63, 3.8) is 0 Å². The van der Waals surface area contributed by atoms with Gasteiger partial charge in [0.25, 0.3) is 0 Å². The van der Waals surface area contributed by atoms with Crippen LogP contribution < -0.4 is 16.0 Å². The van der Waals surface area contributed by atoms with Crippen LogP contribution in [-0.4, -0.2) is 77.9 Å². The van der Waals surface area contributed by atoms with E-state index in [0.29, 0.717) is 13.0 Å². The second kappa shape index (κ2) is 11.1. The van der Waals surface area contributed by atoms with Gasteiger partial charge in [-0.15, -0.1) is 0 Å². The molecule has 3 amide bonds. The summed E-state index contributed by atoms with van der Waals surface area (Å²) in [5, 5.41) is 9.19. The fourth-order valence-electron chi connectivity index (χ4n) is 5.83. The van der Waals surface area contributed by atoms with Crippen molar-refractivity contribution in [1.82, 2.24) is 25.8 Å². The third-order valence-corrected chi connectivity index (χ3v) is 8.08. The number of amides is 3. The molecule has 5 unspecified atom stereocenters. The molecule has 8 nitrogen and oxygen atoms in total. The first-order chi connectivity index (χ1) is 16.8. The quantitative estimate of drug-likeness (QED) is 0.573. The summed E-state index contributed by atoms with van der Waals surface area (Å²) in [4.78, 5) is 44.2. The number of likely N-dealkylation sites (N-methyl/N-ethyl adjacent to an activating group) is 1. The highest BCUT2D eigenvalue weighted by Crippen LogP contribution is 2.33.